The molecule has 2 amide bonds. The van der Waals surface area contributed by atoms with E-state index in [0.29, 0.717) is 31.7 Å². The van der Waals surface area contributed by atoms with E-state index < -0.39 is 5.41 Å². The zero-order valence-corrected chi connectivity index (χ0v) is 18.5. The molecule has 1 atom stereocenters. The van der Waals surface area contributed by atoms with Crippen LogP contribution in [0.5, 0.6) is 0 Å². The van der Waals surface area contributed by atoms with E-state index in [1.807, 2.05) is 19.1 Å². The minimum Gasteiger partial charge on any atom is -0.356 e. The lowest BCUT2D eigenvalue weighted by Gasteiger charge is -2.41. The van der Waals surface area contributed by atoms with Crippen molar-refractivity contribution in [1.82, 2.24) is 15.2 Å². The lowest BCUT2D eigenvalue weighted by molar-refractivity contribution is -0.133. The number of aromatic nitrogens is 1. The molecular weight excluding hydrogens is 406 g/mol. The Morgan fingerprint density at radius 3 is 2.65 bits per heavy atom. The normalized spacial score (nSPS) is 18.5. The molecule has 1 aliphatic heterocycles. The predicted molar refractivity (Wildman–Crippen MR) is 124 cm³/mol. The summed E-state index contributed by atoms with van der Waals surface area (Å²) in [6.07, 6.45) is 3.79. The molecular formula is C25H27N3O2S. The van der Waals surface area contributed by atoms with Crippen LogP contribution in [0, 0.1) is 5.41 Å². The number of hydrogen-bond acceptors (Lipinski definition) is 4. The number of carbonyl (C=O) groups excluding carboxylic acids is 2. The first-order valence-electron chi connectivity index (χ1n) is 10.7. The molecule has 6 heteroatoms. The van der Waals surface area contributed by atoms with Gasteiger partial charge < -0.3 is 10.2 Å². The van der Waals surface area contributed by atoms with Crippen LogP contribution in [0.25, 0.3) is 10.4 Å². The maximum atomic E-state index is 13.2. The first-order valence-corrected chi connectivity index (χ1v) is 11.6. The smallest absolute Gasteiger partial charge is 0.272 e. The summed E-state index contributed by atoms with van der Waals surface area (Å²) in [5, 5.41) is 5.09. The van der Waals surface area contributed by atoms with E-state index in [1.165, 1.54) is 10.4 Å². The van der Waals surface area contributed by atoms with E-state index in [4.69, 9.17) is 0 Å². The number of pyridine rings is 1. The number of carbonyl (C=O) groups is 2. The van der Waals surface area contributed by atoms with Gasteiger partial charge in [0.1, 0.15) is 5.69 Å². The summed E-state index contributed by atoms with van der Waals surface area (Å²) in [5.74, 6) is -0.0853. The molecule has 31 heavy (non-hydrogen) atoms. The lowest BCUT2D eigenvalue weighted by Crippen LogP contribution is -2.54. The molecule has 4 rings (SSSR count). The topological polar surface area (TPSA) is 62.3 Å². The molecule has 3 aromatic rings. The fourth-order valence-corrected chi connectivity index (χ4v) is 5.07. The van der Waals surface area contributed by atoms with Crippen LogP contribution in [-0.2, 0) is 11.2 Å². The van der Waals surface area contributed by atoms with Crippen molar-refractivity contribution in [2.75, 3.05) is 19.6 Å². The van der Waals surface area contributed by atoms with Crippen LogP contribution in [-0.4, -0.2) is 41.3 Å². The summed E-state index contributed by atoms with van der Waals surface area (Å²) in [5.41, 5.74) is 2.08. The molecule has 2 aromatic heterocycles. The maximum Gasteiger partial charge on any atom is 0.272 e. The summed E-state index contributed by atoms with van der Waals surface area (Å²) in [4.78, 5) is 33.5. The highest BCUT2D eigenvalue weighted by atomic mass is 32.1. The molecule has 160 valence electrons. The Bertz CT molecular complexity index is 1020. The van der Waals surface area contributed by atoms with Crippen molar-refractivity contribution in [2.24, 2.45) is 5.41 Å². The van der Waals surface area contributed by atoms with Crippen molar-refractivity contribution >= 4 is 23.2 Å². The Labute approximate surface area is 187 Å². The molecule has 0 unspecified atom stereocenters. The van der Waals surface area contributed by atoms with Crippen molar-refractivity contribution in [3.05, 3.63) is 77.4 Å². The third kappa shape index (κ3) is 4.69. The summed E-state index contributed by atoms with van der Waals surface area (Å²) < 4.78 is 0. The average Bonchev–Trinajstić information content (AvgIpc) is 3.35. The van der Waals surface area contributed by atoms with E-state index >= 15 is 0 Å². The van der Waals surface area contributed by atoms with Gasteiger partial charge in [0, 0.05) is 30.7 Å². The number of benzene rings is 1. The van der Waals surface area contributed by atoms with Gasteiger partial charge >= 0.3 is 0 Å². The summed E-state index contributed by atoms with van der Waals surface area (Å²) in [6, 6.07) is 17.9. The van der Waals surface area contributed by atoms with Crippen LogP contribution in [0.15, 0.2) is 66.2 Å². The van der Waals surface area contributed by atoms with Gasteiger partial charge in [-0.1, -0.05) is 36.4 Å². The Morgan fingerprint density at radius 2 is 1.97 bits per heavy atom. The average molecular weight is 434 g/mol. The number of rotatable bonds is 6. The third-order valence-corrected chi connectivity index (χ3v) is 6.79. The van der Waals surface area contributed by atoms with Gasteiger partial charge in [-0.3, -0.25) is 14.6 Å². The molecule has 0 aliphatic carbocycles. The molecule has 1 aromatic carbocycles. The molecule has 0 radical (unpaired) electrons. The molecule has 0 bridgehead atoms. The van der Waals surface area contributed by atoms with E-state index in [1.54, 1.807) is 34.6 Å². The summed E-state index contributed by atoms with van der Waals surface area (Å²) in [7, 11) is 0. The van der Waals surface area contributed by atoms with Gasteiger partial charge in [0.25, 0.3) is 5.91 Å². The van der Waals surface area contributed by atoms with Crippen molar-refractivity contribution in [2.45, 2.75) is 26.2 Å². The minimum absolute atomic E-state index is 0.0239. The first kappa shape index (κ1) is 21.2. The molecule has 5 nitrogen and oxygen atoms in total. The van der Waals surface area contributed by atoms with Crippen LogP contribution < -0.4 is 5.32 Å². The second kappa shape index (κ2) is 9.43. The highest BCUT2D eigenvalue weighted by Crippen LogP contribution is 2.35. The fourth-order valence-electron chi connectivity index (χ4n) is 4.33. The number of thiophene rings is 1. The van der Waals surface area contributed by atoms with Crippen LogP contribution >= 0.6 is 11.3 Å². The fraction of sp³-hybridized carbons (Fsp3) is 0.320. The number of piperidine rings is 1. The van der Waals surface area contributed by atoms with Gasteiger partial charge in [0.05, 0.1) is 5.41 Å². The van der Waals surface area contributed by atoms with Gasteiger partial charge in [-0.05, 0) is 60.9 Å². The van der Waals surface area contributed by atoms with Gasteiger partial charge in [-0.2, -0.15) is 0 Å². The van der Waals surface area contributed by atoms with Gasteiger partial charge in [0.2, 0.25) is 5.91 Å². The van der Waals surface area contributed by atoms with E-state index in [2.05, 4.69) is 46.0 Å². The standard InChI is InChI=1S/C25H27N3O2S/c1-2-26-24(30)25(17-19-9-11-20(12-10-19)22-8-5-16-31-22)13-6-15-28(18-25)23(29)21-7-3-4-14-27-21/h3-5,7-12,14,16H,2,6,13,15,17-18H2,1H3,(H,26,30)/t25-/m0/s1. The molecule has 1 fully saturated rings. The van der Waals surface area contributed by atoms with E-state index in [9.17, 15) is 9.59 Å². The SMILES string of the molecule is CCNC(=O)[C@]1(Cc2ccc(-c3cccs3)cc2)CCCN(C(=O)c2ccccn2)C1. The van der Waals surface area contributed by atoms with Gasteiger partial charge in [0.15, 0.2) is 0 Å². The third-order valence-electron chi connectivity index (χ3n) is 5.87. The van der Waals surface area contributed by atoms with Crippen molar-refractivity contribution in [3.63, 3.8) is 0 Å². The van der Waals surface area contributed by atoms with Crippen LogP contribution in [0.1, 0.15) is 35.8 Å². The first-order chi connectivity index (χ1) is 15.1. The molecule has 0 spiro atoms. The van der Waals surface area contributed by atoms with Gasteiger partial charge in [-0.15, -0.1) is 11.3 Å². The summed E-state index contributed by atoms with van der Waals surface area (Å²) >= 11 is 1.72. The van der Waals surface area contributed by atoms with Crippen LogP contribution in [0.2, 0.25) is 0 Å². The largest absolute Gasteiger partial charge is 0.356 e. The quantitative estimate of drug-likeness (QED) is 0.626. The molecule has 0 saturated carbocycles. The number of nitrogens with one attached hydrogen (secondary N) is 1. The maximum absolute atomic E-state index is 13.2. The number of amides is 2. The second-order valence-electron chi connectivity index (χ2n) is 8.04. The zero-order chi connectivity index (χ0) is 21.7. The summed E-state index contributed by atoms with van der Waals surface area (Å²) in [6.45, 7) is 3.56. The highest BCUT2D eigenvalue weighted by Gasteiger charge is 2.43. The van der Waals surface area contributed by atoms with Crippen molar-refractivity contribution in [1.29, 1.82) is 0 Å². The molecule has 1 aliphatic rings. The number of nitrogens with zero attached hydrogens (tertiary/aromatic N) is 2. The Hall–Kier alpha value is -2.99. The van der Waals surface area contributed by atoms with E-state index in [-0.39, 0.29) is 11.8 Å². The minimum atomic E-state index is -0.636. The predicted octanol–water partition coefficient (Wildman–Crippen LogP) is 4.41. The zero-order valence-electron chi connectivity index (χ0n) is 17.7. The Kier molecular flexibility index (Phi) is 6.47. The monoisotopic (exact) mass is 433 g/mol. The number of hydrogen-bond donors (Lipinski definition) is 1. The molecule has 1 saturated heterocycles. The van der Waals surface area contributed by atoms with Crippen LogP contribution in [0.3, 0.4) is 0 Å². The highest BCUT2D eigenvalue weighted by molar-refractivity contribution is 7.13. The van der Waals surface area contributed by atoms with Gasteiger partial charge in [-0.25, -0.2) is 0 Å². The molecule has 3 heterocycles. The second-order valence-corrected chi connectivity index (χ2v) is 8.98. The Balaban J connectivity index is 1.58. The van der Waals surface area contributed by atoms with Crippen molar-refractivity contribution < 1.29 is 9.59 Å². The number of likely N-dealkylation sites (tertiary alicyclic amines) is 1. The lowest BCUT2D eigenvalue weighted by atomic mass is 9.74. The molecule has 1 N–H and O–H groups in total. The van der Waals surface area contributed by atoms with E-state index in [0.717, 1.165) is 18.4 Å². The van der Waals surface area contributed by atoms with Crippen LogP contribution in [0.4, 0.5) is 0 Å². The Morgan fingerprint density at radius 1 is 1.13 bits per heavy atom. The van der Waals surface area contributed by atoms with Crippen molar-refractivity contribution in [3.8, 4) is 10.4 Å².